The smallest absolute Gasteiger partial charge is 0.266 e. The molecule has 0 aliphatic rings. The number of nitrogens with one attached hydrogen (secondary N) is 1. The van der Waals surface area contributed by atoms with Crippen LogP contribution < -0.4 is 9.62 Å². The van der Waals surface area contributed by atoms with Gasteiger partial charge in [0.05, 0.1) is 22.9 Å². The summed E-state index contributed by atoms with van der Waals surface area (Å²) in [5.74, 6) is -2.54. The summed E-state index contributed by atoms with van der Waals surface area (Å²) in [6.07, 6.45) is 1.42. The summed E-state index contributed by atoms with van der Waals surface area (Å²) in [6.45, 7) is 3.57. The number of halogens is 3. The van der Waals surface area contributed by atoms with Crippen LogP contribution in [0.5, 0.6) is 0 Å². The summed E-state index contributed by atoms with van der Waals surface area (Å²) in [7, 11) is -4.16. The van der Waals surface area contributed by atoms with Crippen molar-refractivity contribution in [3.8, 4) is 0 Å². The third kappa shape index (κ3) is 4.92. The van der Waals surface area contributed by atoms with Crippen molar-refractivity contribution in [2.75, 3.05) is 16.2 Å². The molecule has 0 spiro atoms. The fourth-order valence-electron chi connectivity index (χ4n) is 2.80. The second-order valence-electron chi connectivity index (χ2n) is 6.38. The molecule has 3 rings (SSSR count). The van der Waals surface area contributed by atoms with E-state index in [0.717, 1.165) is 22.5 Å². The molecule has 0 aliphatic carbocycles. The Balaban J connectivity index is 1.99. The third-order valence-electron chi connectivity index (χ3n) is 4.28. The molecule has 0 bridgehead atoms. The van der Waals surface area contributed by atoms with Gasteiger partial charge in [-0.3, -0.25) is 9.10 Å². The second-order valence-corrected chi connectivity index (χ2v) is 8.62. The van der Waals surface area contributed by atoms with E-state index >= 15 is 0 Å². The molecule has 1 N–H and O–H groups in total. The Bertz CT molecular complexity index is 1230. The van der Waals surface area contributed by atoms with Gasteiger partial charge in [0.15, 0.2) is 0 Å². The molecule has 5 nitrogen and oxygen atoms in total. The molecule has 0 fully saturated rings. The summed E-state index contributed by atoms with van der Waals surface area (Å²) in [4.78, 5) is 12.3. The number of anilines is 2. The summed E-state index contributed by atoms with van der Waals surface area (Å²) in [6, 6.07) is 14.7. The fraction of sp³-hybridized carbons (Fsp3) is 0.0455. The number of amides is 1. The summed E-state index contributed by atoms with van der Waals surface area (Å²) in [5.41, 5.74) is 0.0725. The van der Waals surface area contributed by atoms with Crippen molar-refractivity contribution in [3.63, 3.8) is 0 Å². The van der Waals surface area contributed by atoms with Crippen LogP contribution in [0.15, 0.2) is 84.3 Å². The highest BCUT2D eigenvalue weighted by Gasteiger charge is 2.27. The van der Waals surface area contributed by atoms with E-state index in [0.29, 0.717) is 11.8 Å². The van der Waals surface area contributed by atoms with Gasteiger partial charge in [-0.1, -0.05) is 35.9 Å². The van der Waals surface area contributed by atoms with Crippen molar-refractivity contribution in [2.24, 2.45) is 0 Å². The maximum absolute atomic E-state index is 13.8. The van der Waals surface area contributed by atoms with Crippen LogP contribution in [0, 0.1) is 11.6 Å². The molecule has 31 heavy (non-hydrogen) atoms. The van der Waals surface area contributed by atoms with E-state index < -0.39 is 27.6 Å². The number of sulfonamides is 1. The van der Waals surface area contributed by atoms with Gasteiger partial charge in [-0.15, -0.1) is 6.58 Å². The number of carbonyl (C=O) groups is 1. The van der Waals surface area contributed by atoms with E-state index in [2.05, 4.69) is 11.9 Å². The molecule has 3 aromatic carbocycles. The zero-order valence-electron chi connectivity index (χ0n) is 16.1. The SMILES string of the molecule is C=CCN(c1ccccc1)S(=O)(=O)c1cc(C(=O)Nc2ccc(F)cc2F)ccc1Cl. The number of nitrogens with zero attached hydrogens (tertiary/aromatic N) is 1. The standard InChI is InChI=1S/C22H17ClF2N2O3S/c1-2-12-27(17-6-4-3-5-7-17)31(29,30)21-13-15(8-10-18(21)23)22(28)26-20-11-9-16(24)14-19(20)25/h2-11,13-14H,1,12H2,(H,26,28). The molecule has 1 amide bonds. The van der Waals surface area contributed by atoms with Crippen LogP contribution in [0.3, 0.4) is 0 Å². The summed E-state index contributed by atoms with van der Waals surface area (Å²) >= 11 is 6.15. The molecule has 9 heteroatoms. The van der Waals surface area contributed by atoms with Crippen molar-refractivity contribution in [1.82, 2.24) is 0 Å². The predicted molar refractivity (Wildman–Crippen MR) is 117 cm³/mol. The summed E-state index contributed by atoms with van der Waals surface area (Å²) in [5, 5.41) is 2.20. The number of hydrogen-bond donors (Lipinski definition) is 1. The number of rotatable bonds is 7. The number of para-hydroxylation sites is 1. The molecule has 0 aliphatic heterocycles. The van der Waals surface area contributed by atoms with Crippen LogP contribution in [0.4, 0.5) is 20.2 Å². The van der Waals surface area contributed by atoms with Gasteiger partial charge >= 0.3 is 0 Å². The topological polar surface area (TPSA) is 66.5 Å². The molecule has 0 aromatic heterocycles. The molecular weight excluding hydrogens is 446 g/mol. The van der Waals surface area contributed by atoms with Crippen LogP contribution >= 0.6 is 11.6 Å². The molecular formula is C22H17ClF2N2O3S. The lowest BCUT2D eigenvalue weighted by Gasteiger charge is -2.24. The largest absolute Gasteiger partial charge is 0.319 e. The molecule has 0 heterocycles. The number of benzene rings is 3. The van der Waals surface area contributed by atoms with E-state index in [4.69, 9.17) is 11.6 Å². The lowest BCUT2D eigenvalue weighted by molar-refractivity contribution is 0.102. The Morgan fingerprint density at radius 1 is 1.06 bits per heavy atom. The minimum absolute atomic E-state index is 0.0279. The average Bonchev–Trinajstić information content (AvgIpc) is 2.74. The zero-order valence-corrected chi connectivity index (χ0v) is 17.6. The lowest BCUT2D eigenvalue weighted by Crippen LogP contribution is -2.31. The van der Waals surface area contributed by atoms with Gasteiger partial charge in [-0.05, 0) is 42.5 Å². The van der Waals surface area contributed by atoms with Crippen LogP contribution in [0.25, 0.3) is 0 Å². The molecule has 3 aromatic rings. The normalized spacial score (nSPS) is 11.1. The van der Waals surface area contributed by atoms with Gasteiger partial charge < -0.3 is 5.32 Å². The zero-order chi connectivity index (χ0) is 22.6. The Hall–Kier alpha value is -3.23. The van der Waals surface area contributed by atoms with Gasteiger partial charge in [-0.2, -0.15) is 0 Å². The molecule has 160 valence electrons. The van der Waals surface area contributed by atoms with Gasteiger partial charge in [0.2, 0.25) is 0 Å². The van der Waals surface area contributed by atoms with Crippen molar-refractivity contribution in [1.29, 1.82) is 0 Å². The fourth-order valence-corrected chi connectivity index (χ4v) is 4.74. The maximum Gasteiger partial charge on any atom is 0.266 e. The summed E-state index contributed by atoms with van der Waals surface area (Å²) < 4.78 is 54.7. The van der Waals surface area contributed by atoms with E-state index in [1.807, 2.05) is 0 Å². The van der Waals surface area contributed by atoms with Crippen LogP contribution in [-0.2, 0) is 10.0 Å². The molecule has 0 unspecified atom stereocenters. The molecule has 0 atom stereocenters. The highest BCUT2D eigenvalue weighted by Crippen LogP contribution is 2.29. The van der Waals surface area contributed by atoms with Gasteiger partial charge in [-0.25, -0.2) is 17.2 Å². The first kappa shape index (κ1) is 22.5. The third-order valence-corrected chi connectivity index (χ3v) is 6.56. The van der Waals surface area contributed by atoms with Gasteiger partial charge in [0.25, 0.3) is 15.9 Å². The molecule has 0 radical (unpaired) electrons. The Morgan fingerprint density at radius 3 is 2.42 bits per heavy atom. The Labute approximate surface area is 183 Å². The monoisotopic (exact) mass is 462 g/mol. The predicted octanol–water partition coefficient (Wildman–Crippen LogP) is 5.25. The highest BCUT2D eigenvalue weighted by atomic mass is 35.5. The first-order valence-corrected chi connectivity index (χ1v) is 10.8. The van der Waals surface area contributed by atoms with E-state index in [9.17, 15) is 22.0 Å². The van der Waals surface area contributed by atoms with E-state index in [1.165, 1.54) is 18.2 Å². The van der Waals surface area contributed by atoms with E-state index in [-0.39, 0.29) is 27.7 Å². The molecule has 0 saturated carbocycles. The van der Waals surface area contributed by atoms with Crippen LogP contribution in [-0.4, -0.2) is 20.9 Å². The van der Waals surface area contributed by atoms with Crippen molar-refractivity contribution in [2.45, 2.75) is 4.90 Å². The number of carbonyl (C=O) groups excluding carboxylic acids is 1. The van der Waals surface area contributed by atoms with Crippen LogP contribution in [0.2, 0.25) is 5.02 Å². The van der Waals surface area contributed by atoms with Gasteiger partial charge in [0, 0.05) is 11.6 Å². The van der Waals surface area contributed by atoms with Crippen LogP contribution in [0.1, 0.15) is 10.4 Å². The minimum atomic E-state index is -4.16. The first-order valence-electron chi connectivity index (χ1n) is 8.98. The number of hydrogen-bond acceptors (Lipinski definition) is 3. The Kier molecular flexibility index (Phi) is 6.72. The van der Waals surface area contributed by atoms with Gasteiger partial charge in [0.1, 0.15) is 16.5 Å². The lowest BCUT2D eigenvalue weighted by atomic mass is 10.2. The van der Waals surface area contributed by atoms with Crippen molar-refractivity contribution < 1.29 is 22.0 Å². The minimum Gasteiger partial charge on any atom is -0.319 e. The quantitative estimate of drug-likeness (QED) is 0.487. The maximum atomic E-state index is 13.8. The highest BCUT2D eigenvalue weighted by molar-refractivity contribution is 7.93. The van der Waals surface area contributed by atoms with Crippen molar-refractivity contribution >= 4 is 38.9 Å². The van der Waals surface area contributed by atoms with Crippen molar-refractivity contribution in [3.05, 3.63) is 102 Å². The van der Waals surface area contributed by atoms with E-state index in [1.54, 1.807) is 30.3 Å². The Morgan fingerprint density at radius 2 is 1.77 bits per heavy atom. The average molecular weight is 463 g/mol. The molecule has 0 saturated heterocycles. The second kappa shape index (κ2) is 9.28. The first-order chi connectivity index (χ1) is 14.7.